The van der Waals surface area contributed by atoms with E-state index in [-0.39, 0.29) is 17.9 Å². The fourth-order valence-electron chi connectivity index (χ4n) is 1.44. The predicted molar refractivity (Wildman–Crippen MR) is 61.2 cm³/mol. The number of nitrogens with one attached hydrogen (secondary N) is 1. The molecule has 1 atom stereocenters. The zero-order valence-electron chi connectivity index (χ0n) is 10.1. The normalized spacial score (nSPS) is 12.9. The van der Waals surface area contributed by atoms with Crippen molar-refractivity contribution in [2.24, 2.45) is 5.92 Å². The maximum atomic E-state index is 11.5. The molecule has 1 unspecified atom stereocenters. The second-order valence-corrected chi connectivity index (χ2v) is 4.41. The van der Waals surface area contributed by atoms with E-state index in [1.807, 2.05) is 20.8 Å². The second kappa shape index (κ2) is 7.84. The quantitative estimate of drug-likeness (QED) is 0.627. The van der Waals surface area contributed by atoms with E-state index in [0.29, 0.717) is 0 Å². The highest BCUT2D eigenvalue weighted by Crippen LogP contribution is 2.10. The third-order valence-corrected chi connectivity index (χ3v) is 2.37. The maximum absolute atomic E-state index is 11.5. The molecule has 0 saturated carbocycles. The molecule has 0 aliphatic carbocycles. The summed E-state index contributed by atoms with van der Waals surface area (Å²) in [5.74, 6) is 0.380. The molecular formula is C12H25NO. The monoisotopic (exact) mass is 199 g/mol. The van der Waals surface area contributed by atoms with Gasteiger partial charge in [-0.25, -0.2) is 0 Å². The van der Waals surface area contributed by atoms with Gasteiger partial charge in [-0.15, -0.1) is 0 Å². The molecular weight excluding hydrogens is 174 g/mol. The molecule has 2 nitrogen and oxygen atoms in total. The Morgan fingerprint density at radius 1 is 1.14 bits per heavy atom. The largest absolute Gasteiger partial charge is 0.354 e. The number of carbonyl (C=O) groups is 1. The Morgan fingerprint density at radius 2 is 1.79 bits per heavy atom. The van der Waals surface area contributed by atoms with Crippen LogP contribution in [-0.4, -0.2) is 11.9 Å². The molecule has 2 heteroatoms. The van der Waals surface area contributed by atoms with Crippen molar-refractivity contribution < 1.29 is 4.79 Å². The van der Waals surface area contributed by atoms with E-state index >= 15 is 0 Å². The zero-order valence-corrected chi connectivity index (χ0v) is 10.1. The Kier molecular flexibility index (Phi) is 7.54. The van der Waals surface area contributed by atoms with Gasteiger partial charge in [0, 0.05) is 12.0 Å². The van der Waals surface area contributed by atoms with Gasteiger partial charge in [0.25, 0.3) is 0 Å². The molecule has 0 aliphatic rings. The first-order chi connectivity index (χ1) is 6.57. The Hall–Kier alpha value is -0.530. The highest BCUT2D eigenvalue weighted by Gasteiger charge is 2.12. The minimum absolute atomic E-state index is 0.175. The van der Waals surface area contributed by atoms with Crippen LogP contribution in [0.25, 0.3) is 0 Å². The molecule has 14 heavy (non-hydrogen) atoms. The number of amides is 1. The first kappa shape index (κ1) is 13.5. The van der Waals surface area contributed by atoms with E-state index in [4.69, 9.17) is 0 Å². The van der Waals surface area contributed by atoms with Crippen LogP contribution in [0.4, 0.5) is 0 Å². The minimum Gasteiger partial charge on any atom is -0.354 e. The van der Waals surface area contributed by atoms with Gasteiger partial charge in [0.05, 0.1) is 0 Å². The fraction of sp³-hybridized carbons (Fsp3) is 0.917. The molecule has 0 heterocycles. The van der Waals surface area contributed by atoms with E-state index in [1.54, 1.807) is 0 Å². The number of carbonyl (C=O) groups excluding carboxylic acids is 1. The van der Waals surface area contributed by atoms with Crippen LogP contribution >= 0.6 is 0 Å². The fourth-order valence-corrected chi connectivity index (χ4v) is 1.44. The smallest absolute Gasteiger partial charge is 0.223 e. The molecule has 0 spiro atoms. The van der Waals surface area contributed by atoms with Crippen molar-refractivity contribution in [1.29, 1.82) is 0 Å². The number of hydrogen-bond donors (Lipinski definition) is 1. The average molecular weight is 199 g/mol. The first-order valence-corrected chi connectivity index (χ1v) is 5.88. The van der Waals surface area contributed by atoms with Crippen LogP contribution in [0.1, 0.15) is 59.8 Å². The van der Waals surface area contributed by atoms with Crippen LogP contribution in [0.15, 0.2) is 0 Å². The predicted octanol–water partition coefficient (Wildman–Crippen LogP) is 3.12. The topological polar surface area (TPSA) is 29.1 Å². The van der Waals surface area contributed by atoms with Gasteiger partial charge in [0.2, 0.25) is 5.91 Å². The van der Waals surface area contributed by atoms with E-state index in [2.05, 4.69) is 12.2 Å². The summed E-state index contributed by atoms with van der Waals surface area (Å²) in [4.78, 5) is 11.5. The Bertz CT molecular complexity index is 154. The maximum Gasteiger partial charge on any atom is 0.223 e. The minimum atomic E-state index is 0.175. The lowest BCUT2D eigenvalue weighted by Gasteiger charge is -2.14. The van der Waals surface area contributed by atoms with Crippen molar-refractivity contribution in [3.05, 3.63) is 0 Å². The highest BCUT2D eigenvalue weighted by atomic mass is 16.1. The summed E-state index contributed by atoms with van der Waals surface area (Å²) in [7, 11) is 0. The van der Waals surface area contributed by atoms with Gasteiger partial charge >= 0.3 is 0 Å². The van der Waals surface area contributed by atoms with Crippen LogP contribution in [0.3, 0.4) is 0 Å². The van der Waals surface area contributed by atoms with Gasteiger partial charge in [-0.3, -0.25) is 4.79 Å². The lowest BCUT2D eigenvalue weighted by Crippen LogP contribution is -2.34. The van der Waals surface area contributed by atoms with Crippen LogP contribution in [-0.2, 0) is 4.79 Å². The molecule has 0 fully saturated rings. The summed E-state index contributed by atoms with van der Waals surface area (Å²) in [6, 6.07) is 0.264. The van der Waals surface area contributed by atoms with E-state index in [1.165, 1.54) is 25.7 Å². The molecule has 1 N–H and O–H groups in total. The summed E-state index contributed by atoms with van der Waals surface area (Å²) in [5, 5.41) is 2.94. The van der Waals surface area contributed by atoms with Gasteiger partial charge in [-0.1, -0.05) is 39.5 Å². The SMILES string of the molecule is CCCCCCC(C)C(=O)NC(C)C. The molecule has 0 radical (unpaired) electrons. The third kappa shape index (κ3) is 6.93. The van der Waals surface area contributed by atoms with Crippen LogP contribution in [0.2, 0.25) is 0 Å². The van der Waals surface area contributed by atoms with Crippen molar-refractivity contribution >= 4 is 5.91 Å². The van der Waals surface area contributed by atoms with Gasteiger partial charge in [0.15, 0.2) is 0 Å². The second-order valence-electron chi connectivity index (χ2n) is 4.41. The molecule has 0 aromatic carbocycles. The summed E-state index contributed by atoms with van der Waals surface area (Å²) in [5.41, 5.74) is 0. The van der Waals surface area contributed by atoms with E-state index < -0.39 is 0 Å². The third-order valence-electron chi connectivity index (χ3n) is 2.37. The summed E-state index contributed by atoms with van der Waals surface area (Å²) in [6.07, 6.45) is 6.01. The first-order valence-electron chi connectivity index (χ1n) is 5.88. The van der Waals surface area contributed by atoms with Crippen LogP contribution in [0.5, 0.6) is 0 Å². The van der Waals surface area contributed by atoms with Crippen molar-refractivity contribution in [3.8, 4) is 0 Å². The van der Waals surface area contributed by atoms with Gasteiger partial charge < -0.3 is 5.32 Å². The Balaban J connectivity index is 3.52. The summed E-state index contributed by atoms with van der Waals surface area (Å²) in [6.45, 7) is 8.22. The van der Waals surface area contributed by atoms with E-state index in [0.717, 1.165) is 6.42 Å². The molecule has 84 valence electrons. The van der Waals surface area contributed by atoms with Crippen molar-refractivity contribution in [3.63, 3.8) is 0 Å². The molecule has 0 aliphatic heterocycles. The van der Waals surface area contributed by atoms with Crippen molar-refractivity contribution in [2.45, 2.75) is 65.8 Å². The van der Waals surface area contributed by atoms with Gasteiger partial charge in [-0.2, -0.15) is 0 Å². The average Bonchev–Trinajstić information content (AvgIpc) is 2.11. The molecule has 0 aromatic rings. The number of unbranched alkanes of at least 4 members (excludes halogenated alkanes) is 3. The van der Waals surface area contributed by atoms with Gasteiger partial charge in [-0.05, 0) is 20.3 Å². The highest BCUT2D eigenvalue weighted by molar-refractivity contribution is 5.78. The van der Waals surface area contributed by atoms with Crippen molar-refractivity contribution in [1.82, 2.24) is 5.32 Å². The summed E-state index contributed by atoms with van der Waals surface area (Å²) < 4.78 is 0. The molecule has 0 rings (SSSR count). The Labute approximate surface area is 88.5 Å². The Morgan fingerprint density at radius 3 is 2.29 bits per heavy atom. The number of rotatable bonds is 7. The molecule has 0 bridgehead atoms. The molecule has 0 aromatic heterocycles. The lowest BCUT2D eigenvalue weighted by molar-refractivity contribution is -0.125. The van der Waals surface area contributed by atoms with Crippen LogP contribution < -0.4 is 5.32 Å². The lowest BCUT2D eigenvalue weighted by atomic mass is 10.0. The van der Waals surface area contributed by atoms with Crippen LogP contribution in [0, 0.1) is 5.92 Å². The zero-order chi connectivity index (χ0) is 11.0. The number of hydrogen-bond acceptors (Lipinski definition) is 1. The standard InChI is InChI=1S/C12H25NO/c1-5-6-7-8-9-11(4)12(14)13-10(2)3/h10-11H,5-9H2,1-4H3,(H,13,14). The van der Waals surface area contributed by atoms with E-state index in [9.17, 15) is 4.79 Å². The summed E-state index contributed by atoms with van der Waals surface area (Å²) >= 11 is 0. The van der Waals surface area contributed by atoms with Crippen molar-refractivity contribution in [2.75, 3.05) is 0 Å². The molecule has 1 amide bonds. The molecule has 0 saturated heterocycles. The van der Waals surface area contributed by atoms with Gasteiger partial charge in [0.1, 0.15) is 0 Å².